The Morgan fingerprint density at radius 3 is 2.55 bits per heavy atom. The van der Waals surface area contributed by atoms with E-state index < -0.39 is 23.7 Å². The highest BCUT2D eigenvalue weighted by molar-refractivity contribution is 5.66. The number of carbonyl (C=O) groups is 1. The Kier molecular flexibility index (Phi) is 5.06. The van der Waals surface area contributed by atoms with E-state index in [0.29, 0.717) is 19.5 Å². The van der Waals surface area contributed by atoms with Crippen LogP contribution in [0, 0.1) is 5.41 Å². The monoisotopic (exact) mass is 308 g/mol. The minimum Gasteiger partial charge on any atom is -0.465 e. The molecule has 122 valence electrons. The van der Waals surface area contributed by atoms with Crippen molar-refractivity contribution < 1.29 is 14.3 Å². The number of alkyl halides is 1. The SMILES string of the molecule is CC(C)(C)C1C(F)C(NCc2ccccc2)CCN1C(=O)O. The van der Waals surface area contributed by atoms with Gasteiger partial charge in [-0.05, 0) is 17.4 Å². The van der Waals surface area contributed by atoms with Crippen LogP contribution in [0.1, 0.15) is 32.8 Å². The lowest BCUT2D eigenvalue weighted by atomic mass is 9.78. The number of hydrogen-bond acceptors (Lipinski definition) is 2. The number of rotatable bonds is 3. The van der Waals surface area contributed by atoms with Crippen molar-refractivity contribution in [3.8, 4) is 0 Å². The molecular weight excluding hydrogens is 283 g/mol. The summed E-state index contributed by atoms with van der Waals surface area (Å²) in [7, 11) is 0. The average molecular weight is 308 g/mol. The first-order valence-electron chi connectivity index (χ1n) is 7.71. The molecule has 22 heavy (non-hydrogen) atoms. The number of nitrogens with one attached hydrogen (secondary N) is 1. The fraction of sp³-hybridized carbons (Fsp3) is 0.588. The summed E-state index contributed by atoms with van der Waals surface area (Å²) in [6.45, 7) is 6.62. The Balaban J connectivity index is 2.07. The van der Waals surface area contributed by atoms with Gasteiger partial charge in [0, 0.05) is 19.1 Å². The largest absolute Gasteiger partial charge is 0.465 e. The number of likely N-dealkylation sites (tertiary alicyclic amines) is 1. The van der Waals surface area contributed by atoms with Gasteiger partial charge in [0.05, 0.1) is 6.04 Å². The number of piperidine rings is 1. The summed E-state index contributed by atoms with van der Waals surface area (Å²) >= 11 is 0. The van der Waals surface area contributed by atoms with Gasteiger partial charge in [-0.3, -0.25) is 0 Å². The van der Waals surface area contributed by atoms with Gasteiger partial charge in [0.1, 0.15) is 6.17 Å². The predicted molar refractivity (Wildman–Crippen MR) is 84.6 cm³/mol. The maximum atomic E-state index is 15.0. The average Bonchev–Trinajstić information content (AvgIpc) is 2.45. The number of halogens is 1. The van der Waals surface area contributed by atoms with Gasteiger partial charge >= 0.3 is 6.09 Å². The van der Waals surface area contributed by atoms with E-state index in [2.05, 4.69) is 5.32 Å². The molecule has 5 heteroatoms. The zero-order chi connectivity index (χ0) is 16.3. The van der Waals surface area contributed by atoms with E-state index in [1.807, 2.05) is 51.1 Å². The first-order valence-corrected chi connectivity index (χ1v) is 7.71. The van der Waals surface area contributed by atoms with Crippen molar-refractivity contribution in [2.45, 2.75) is 52.0 Å². The van der Waals surface area contributed by atoms with E-state index in [1.54, 1.807) is 0 Å². The van der Waals surface area contributed by atoms with Crippen molar-refractivity contribution in [3.05, 3.63) is 35.9 Å². The second-order valence-corrected chi connectivity index (χ2v) is 6.99. The Morgan fingerprint density at radius 1 is 1.36 bits per heavy atom. The Bertz CT molecular complexity index is 501. The van der Waals surface area contributed by atoms with E-state index in [9.17, 15) is 14.3 Å². The molecule has 4 nitrogen and oxygen atoms in total. The lowest BCUT2D eigenvalue weighted by Crippen LogP contribution is -2.62. The van der Waals surface area contributed by atoms with Crippen LogP contribution in [0.3, 0.4) is 0 Å². The van der Waals surface area contributed by atoms with Crippen LogP contribution < -0.4 is 5.32 Å². The molecule has 0 saturated carbocycles. The van der Waals surface area contributed by atoms with Gasteiger partial charge in [-0.2, -0.15) is 0 Å². The third-order valence-corrected chi connectivity index (χ3v) is 4.25. The second-order valence-electron chi connectivity index (χ2n) is 6.99. The smallest absolute Gasteiger partial charge is 0.407 e. The first kappa shape index (κ1) is 16.7. The molecule has 1 aromatic rings. The molecule has 3 unspecified atom stereocenters. The fourth-order valence-corrected chi connectivity index (χ4v) is 3.19. The molecule has 0 aromatic heterocycles. The normalized spacial score (nSPS) is 26.0. The summed E-state index contributed by atoms with van der Waals surface area (Å²) < 4.78 is 15.0. The van der Waals surface area contributed by atoms with Gasteiger partial charge in [-0.25, -0.2) is 9.18 Å². The molecule has 1 heterocycles. The van der Waals surface area contributed by atoms with Crippen LogP contribution >= 0.6 is 0 Å². The van der Waals surface area contributed by atoms with Gasteiger partial charge in [0.2, 0.25) is 0 Å². The number of benzene rings is 1. The van der Waals surface area contributed by atoms with Crippen LogP contribution in [0.2, 0.25) is 0 Å². The molecule has 2 N–H and O–H groups in total. The summed E-state index contributed by atoms with van der Waals surface area (Å²) in [5, 5.41) is 12.6. The topological polar surface area (TPSA) is 52.6 Å². The van der Waals surface area contributed by atoms with Crippen molar-refractivity contribution in [1.82, 2.24) is 10.2 Å². The zero-order valence-corrected chi connectivity index (χ0v) is 13.4. The molecule has 0 radical (unpaired) electrons. The van der Waals surface area contributed by atoms with E-state index in [4.69, 9.17) is 0 Å². The molecule has 1 aromatic carbocycles. The van der Waals surface area contributed by atoms with Crippen molar-refractivity contribution in [2.24, 2.45) is 5.41 Å². The molecule has 3 atom stereocenters. The predicted octanol–water partition coefficient (Wildman–Crippen LogP) is 3.28. The molecule has 1 saturated heterocycles. The van der Waals surface area contributed by atoms with Gasteiger partial charge in [0.25, 0.3) is 0 Å². The summed E-state index contributed by atoms with van der Waals surface area (Å²) in [6, 6.07) is 8.89. The quantitative estimate of drug-likeness (QED) is 0.901. The van der Waals surface area contributed by atoms with Crippen LogP contribution in [-0.2, 0) is 6.54 Å². The van der Waals surface area contributed by atoms with Crippen LogP contribution in [0.15, 0.2) is 30.3 Å². The third-order valence-electron chi connectivity index (χ3n) is 4.25. The summed E-state index contributed by atoms with van der Waals surface area (Å²) in [5.74, 6) is 0. The molecule has 2 rings (SSSR count). The van der Waals surface area contributed by atoms with Crippen molar-refractivity contribution >= 4 is 6.09 Å². The lowest BCUT2D eigenvalue weighted by Gasteiger charge is -2.47. The molecular formula is C17H25FN2O2. The third kappa shape index (κ3) is 3.77. The summed E-state index contributed by atoms with van der Waals surface area (Å²) in [6.07, 6.45) is -1.76. The van der Waals surface area contributed by atoms with Crippen molar-refractivity contribution in [1.29, 1.82) is 0 Å². The van der Waals surface area contributed by atoms with E-state index in [1.165, 1.54) is 4.90 Å². The molecule has 1 aliphatic heterocycles. The van der Waals surface area contributed by atoms with Crippen LogP contribution in [0.4, 0.5) is 9.18 Å². The van der Waals surface area contributed by atoms with Gasteiger partial charge in [-0.1, -0.05) is 51.1 Å². The number of nitrogens with zero attached hydrogens (tertiary/aromatic N) is 1. The fourth-order valence-electron chi connectivity index (χ4n) is 3.19. The number of amides is 1. The maximum absolute atomic E-state index is 15.0. The highest BCUT2D eigenvalue weighted by Gasteiger charge is 2.46. The lowest BCUT2D eigenvalue weighted by molar-refractivity contribution is -0.00968. The molecule has 0 spiro atoms. The standard InChI is InChI=1S/C17H25FN2O2/c1-17(2,3)15-14(18)13(9-10-20(15)16(21)22)19-11-12-7-5-4-6-8-12/h4-8,13-15,19H,9-11H2,1-3H3,(H,21,22). The summed E-state index contributed by atoms with van der Waals surface area (Å²) in [4.78, 5) is 12.6. The Morgan fingerprint density at radius 2 is 2.00 bits per heavy atom. The Labute approximate surface area is 131 Å². The van der Waals surface area contributed by atoms with E-state index >= 15 is 0 Å². The highest BCUT2D eigenvalue weighted by Crippen LogP contribution is 2.34. The van der Waals surface area contributed by atoms with Crippen molar-refractivity contribution in [2.75, 3.05) is 6.54 Å². The van der Waals surface area contributed by atoms with Gasteiger partial charge in [-0.15, -0.1) is 0 Å². The minimum atomic E-state index is -1.21. The number of hydrogen-bond donors (Lipinski definition) is 2. The molecule has 1 aliphatic rings. The summed E-state index contributed by atoms with van der Waals surface area (Å²) in [5.41, 5.74) is 0.660. The van der Waals surface area contributed by atoms with E-state index in [0.717, 1.165) is 5.56 Å². The molecule has 1 amide bonds. The molecule has 0 bridgehead atoms. The highest BCUT2D eigenvalue weighted by atomic mass is 19.1. The first-order chi connectivity index (χ1) is 10.3. The second kappa shape index (κ2) is 6.65. The zero-order valence-electron chi connectivity index (χ0n) is 13.4. The van der Waals surface area contributed by atoms with Gasteiger partial charge in [0.15, 0.2) is 0 Å². The molecule has 1 fully saturated rings. The maximum Gasteiger partial charge on any atom is 0.407 e. The van der Waals surface area contributed by atoms with Crippen molar-refractivity contribution in [3.63, 3.8) is 0 Å². The van der Waals surface area contributed by atoms with Crippen LogP contribution in [0.5, 0.6) is 0 Å². The van der Waals surface area contributed by atoms with E-state index in [-0.39, 0.29) is 6.04 Å². The molecule has 0 aliphatic carbocycles. The Hall–Kier alpha value is -1.62. The van der Waals surface area contributed by atoms with Gasteiger partial charge < -0.3 is 15.3 Å². The van der Waals surface area contributed by atoms with Crippen LogP contribution in [-0.4, -0.2) is 40.9 Å². The van der Waals surface area contributed by atoms with Crippen LogP contribution in [0.25, 0.3) is 0 Å². The minimum absolute atomic E-state index is 0.319. The number of carboxylic acid groups (broad SMARTS) is 1.